The molecular weight excluding hydrogens is 269 g/mol. The third-order valence-corrected chi connectivity index (χ3v) is 2.72. The van der Waals surface area contributed by atoms with Crippen molar-refractivity contribution in [1.82, 2.24) is 0 Å². The van der Waals surface area contributed by atoms with E-state index in [2.05, 4.69) is 11.4 Å². The molecule has 6 nitrogen and oxygen atoms in total. The molecule has 0 aliphatic heterocycles. The summed E-state index contributed by atoms with van der Waals surface area (Å²) in [6.07, 6.45) is 8.64. The minimum Gasteiger partial charge on any atom is -0.481 e. The summed E-state index contributed by atoms with van der Waals surface area (Å²) < 4.78 is 13.8. The van der Waals surface area contributed by atoms with Gasteiger partial charge in [-0.3, -0.25) is 4.79 Å². The summed E-state index contributed by atoms with van der Waals surface area (Å²) in [7, 11) is -2.44. The van der Waals surface area contributed by atoms with Gasteiger partial charge in [0.2, 0.25) is 0 Å². The first-order valence-corrected chi connectivity index (χ1v) is 7.88. The number of rotatable bonds is 11. The Bertz CT molecular complexity index is 226. The summed E-state index contributed by atoms with van der Waals surface area (Å²) in [5, 5.41) is 8.35. The Morgan fingerprint density at radius 1 is 1.16 bits per heavy atom. The molecule has 0 spiro atoms. The van der Waals surface area contributed by atoms with E-state index in [-0.39, 0.29) is 13.2 Å². The summed E-state index contributed by atoms with van der Waals surface area (Å²) in [4.78, 5) is 18.0. The van der Waals surface area contributed by atoms with E-state index in [0.717, 1.165) is 12.8 Å². The van der Waals surface area contributed by atoms with Crippen LogP contribution < -0.4 is 5.73 Å². The van der Waals surface area contributed by atoms with Crippen LogP contribution in [0.5, 0.6) is 0 Å². The van der Waals surface area contributed by atoms with Crippen LogP contribution in [-0.4, -0.2) is 29.1 Å². The smallest absolute Gasteiger partial charge is 0.481 e. The Morgan fingerprint density at radius 3 is 2.05 bits per heavy atom. The van der Waals surface area contributed by atoms with Crippen molar-refractivity contribution in [1.29, 1.82) is 0 Å². The highest BCUT2D eigenvalue weighted by Crippen LogP contribution is 2.12. The molecule has 0 heterocycles. The molecule has 1 atom stereocenters. The van der Waals surface area contributed by atoms with Crippen molar-refractivity contribution in [2.24, 2.45) is 5.73 Å². The monoisotopic (exact) mass is 296 g/mol. The fraction of sp³-hybridized carbons (Fsp3) is 0.917. The lowest BCUT2D eigenvalue weighted by Gasteiger charge is -1.98. The van der Waals surface area contributed by atoms with Gasteiger partial charge in [-0.25, -0.2) is 0 Å². The maximum Gasteiger partial charge on any atom is 0.694 e. The molecule has 0 fully saturated rings. The fourth-order valence-corrected chi connectivity index (χ4v) is 1.63. The first-order valence-electron chi connectivity index (χ1n) is 6.75. The van der Waals surface area contributed by atoms with Gasteiger partial charge in [0, 0.05) is 17.5 Å². The molecule has 1 unspecified atom stereocenters. The molecule has 0 aliphatic carbocycles. The van der Waals surface area contributed by atoms with Crippen molar-refractivity contribution >= 4 is 14.2 Å². The summed E-state index contributed by atoms with van der Waals surface area (Å²) >= 11 is 0. The van der Waals surface area contributed by atoms with E-state index >= 15 is 0 Å². The van der Waals surface area contributed by atoms with E-state index in [1.165, 1.54) is 32.1 Å². The van der Waals surface area contributed by atoms with E-state index in [1.54, 1.807) is 0 Å². The summed E-state index contributed by atoms with van der Waals surface area (Å²) in [6.45, 7) is 2.62. The number of carbonyl (C=O) groups is 1. The number of nitrogens with two attached hydrogens (primary N) is 1. The van der Waals surface area contributed by atoms with E-state index in [9.17, 15) is 9.36 Å². The Kier molecular flexibility index (Phi) is 19.1. The molecule has 0 aromatic heterocycles. The molecule has 0 aliphatic rings. The second kappa shape index (κ2) is 17.4. The highest BCUT2D eigenvalue weighted by atomic mass is 31.1. The van der Waals surface area contributed by atoms with Gasteiger partial charge in [-0.2, -0.15) is 0 Å². The van der Waals surface area contributed by atoms with Gasteiger partial charge in [0.25, 0.3) is 0 Å². The summed E-state index contributed by atoms with van der Waals surface area (Å²) in [5.74, 6) is -0.663. The van der Waals surface area contributed by atoms with Crippen molar-refractivity contribution in [2.45, 2.75) is 58.3 Å². The molecular formula is C12H27NO5P+. The minimum atomic E-state index is -2.44. The summed E-state index contributed by atoms with van der Waals surface area (Å²) in [6, 6.07) is 0. The van der Waals surface area contributed by atoms with E-state index in [4.69, 9.17) is 15.7 Å². The van der Waals surface area contributed by atoms with Gasteiger partial charge in [0.15, 0.2) is 0 Å². The van der Waals surface area contributed by atoms with Gasteiger partial charge >= 0.3 is 14.2 Å². The molecule has 0 bridgehead atoms. The third-order valence-electron chi connectivity index (χ3n) is 2.31. The normalized spacial score (nSPS) is 10.6. The quantitative estimate of drug-likeness (QED) is 0.399. The number of aliphatic carboxylic acids is 1. The molecule has 4 N–H and O–H groups in total. The Hall–Kier alpha value is -0.550. The molecule has 114 valence electrons. The zero-order valence-corrected chi connectivity index (χ0v) is 12.6. The van der Waals surface area contributed by atoms with Crippen molar-refractivity contribution < 1.29 is 23.9 Å². The predicted octanol–water partition coefficient (Wildman–Crippen LogP) is 2.82. The zero-order valence-electron chi connectivity index (χ0n) is 11.7. The number of hydrogen-bond donors (Lipinski definition) is 3. The lowest BCUT2D eigenvalue weighted by atomic mass is 10.1. The second-order valence-corrected chi connectivity index (χ2v) is 4.86. The molecule has 0 radical (unpaired) electrons. The van der Waals surface area contributed by atoms with E-state index in [1.807, 2.05) is 0 Å². The van der Waals surface area contributed by atoms with Gasteiger partial charge in [-0.05, 0) is 6.42 Å². The maximum absolute atomic E-state index is 10.1. The van der Waals surface area contributed by atoms with Gasteiger partial charge in [-0.15, -0.1) is 9.42 Å². The fourth-order valence-electron chi connectivity index (χ4n) is 1.36. The topological polar surface area (TPSA) is 110 Å². The van der Waals surface area contributed by atoms with E-state index < -0.39 is 14.2 Å². The van der Waals surface area contributed by atoms with Crippen LogP contribution in [-0.2, 0) is 13.9 Å². The maximum atomic E-state index is 10.1. The Balaban J connectivity index is 0. The first kappa shape index (κ1) is 20.8. The average molecular weight is 296 g/mol. The first-order chi connectivity index (χ1) is 9.04. The zero-order chi connectivity index (χ0) is 14.9. The van der Waals surface area contributed by atoms with E-state index in [0.29, 0.717) is 6.42 Å². The van der Waals surface area contributed by atoms with Gasteiger partial charge in [0.05, 0.1) is 0 Å². The molecule has 0 amide bonds. The van der Waals surface area contributed by atoms with Crippen molar-refractivity contribution in [3.8, 4) is 0 Å². The van der Waals surface area contributed by atoms with Crippen LogP contribution in [0.1, 0.15) is 58.3 Å². The SMILES string of the molecule is CCCCCCCCCC(=O)O.NCCO[P+](=O)O. The highest BCUT2D eigenvalue weighted by molar-refractivity contribution is 7.32. The van der Waals surface area contributed by atoms with Crippen LogP contribution in [0.25, 0.3) is 0 Å². The summed E-state index contributed by atoms with van der Waals surface area (Å²) in [5.41, 5.74) is 4.91. The van der Waals surface area contributed by atoms with Crippen LogP contribution in [0.3, 0.4) is 0 Å². The Labute approximate surface area is 116 Å². The number of carboxylic acids is 1. The third kappa shape index (κ3) is 26.9. The van der Waals surface area contributed by atoms with Crippen LogP contribution in [0.15, 0.2) is 0 Å². The molecule has 0 saturated carbocycles. The molecule has 19 heavy (non-hydrogen) atoms. The van der Waals surface area contributed by atoms with Crippen molar-refractivity contribution in [2.75, 3.05) is 13.2 Å². The number of unbranched alkanes of at least 4 members (excludes halogenated alkanes) is 6. The molecule has 0 aromatic rings. The lowest BCUT2D eigenvalue weighted by Crippen LogP contribution is -2.04. The average Bonchev–Trinajstić information content (AvgIpc) is 2.35. The highest BCUT2D eigenvalue weighted by Gasteiger charge is 2.08. The Morgan fingerprint density at radius 2 is 1.68 bits per heavy atom. The molecule has 0 saturated heterocycles. The van der Waals surface area contributed by atoms with Crippen LogP contribution >= 0.6 is 8.25 Å². The predicted molar refractivity (Wildman–Crippen MR) is 75.1 cm³/mol. The number of carboxylic acid groups (broad SMARTS) is 1. The minimum absolute atomic E-state index is 0.145. The van der Waals surface area contributed by atoms with Gasteiger partial charge in [0.1, 0.15) is 6.61 Å². The number of hydrogen-bond acceptors (Lipinski definition) is 4. The standard InChI is InChI=1S/C10H20O2.C2H6NO3P/c1-2-3-4-5-6-7-8-9-10(11)12;3-1-2-6-7(4)5/h2-9H2,1H3,(H,11,12);1-3H2/p+1. The van der Waals surface area contributed by atoms with Crippen LogP contribution in [0.4, 0.5) is 0 Å². The van der Waals surface area contributed by atoms with Crippen molar-refractivity contribution in [3.05, 3.63) is 0 Å². The van der Waals surface area contributed by atoms with Crippen LogP contribution in [0.2, 0.25) is 0 Å². The lowest BCUT2D eigenvalue weighted by molar-refractivity contribution is -0.137. The second-order valence-electron chi connectivity index (χ2n) is 4.12. The molecule has 0 rings (SSSR count). The van der Waals surface area contributed by atoms with Gasteiger partial charge < -0.3 is 10.8 Å². The van der Waals surface area contributed by atoms with Gasteiger partial charge in [-0.1, -0.05) is 45.4 Å². The van der Waals surface area contributed by atoms with Crippen molar-refractivity contribution in [3.63, 3.8) is 0 Å². The molecule has 0 aromatic carbocycles. The largest absolute Gasteiger partial charge is 0.694 e. The molecule has 7 heteroatoms. The van der Waals surface area contributed by atoms with Crippen LogP contribution in [0, 0.1) is 0 Å².